The van der Waals surface area contributed by atoms with Gasteiger partial charge in [-0.3, -0.25) is 0 Å². The van der Waals surface area contributed by atoms with Gasteiger partial charge in [-0.2, -0.15) is 0 Å². The van der Waals surface area contributed by atoms with Gasteiger partial charge in [0.15, 0.2) is 0 Å². The van der Waals surface area contributed by atoms with E-state index in [1.165, 1.54) is 0 Å². The highest BCUT2D eigenvalue weighted by Crippen LogP contribution is 2.49. The van der Waals surface area contributed by atoms with E-state index in [1.54, 1.807) is 11.8 Å². The molecule has 0 saturated heterocycles. The Balaban J connectivity index is 2.10. The number of aliphatic hydroxyl groups is 2. The molecule has 21 heavy (non-hydrogen) atoms. The standard InChI is InChI=1S/C17H14O3S/c1-21-9-6-7-13-12(8-9)14-10-4-2-3-5-11(10)15(18)16(19)17(14)20-13/h2-8,15-16,18-19H,1H3. The second-order valence-electron chi connectivity index (χ2n) is 5.18. The van der Waals surface area contributed by atoms with E-state index in [2.05, 4.69) is 6.07 Å². The van der Waals surface area contributed by atoms with Crippen molar-refractivity contribution in [2.24, 2.45) is 0 Å². The zero-order valence-corrected chi connectivity index (χ0v) is 12.2. The number of hydrogen-bond acceptors (Lipinski definition) is 4. The fourth-order valence-corrected chi connectivity index (χ4v) is 3.44. The molecule has 4 rings (SSSR count). The average molecular weight is 298 g/mol. The van der Waals surface area contributed by atoms with Crippen molar-refractivity contribution in [3.63, 3.8) is 0 Å². The molecule has 2 N–H and O–H groups in total. The number of fused-ring (bicyclic) bond motifs is 5. The zero-order valence-electron chi connectivity index (χ0n) is 11.4. The fraction of sp³-hybridized carbons (Fsp3) is 0.176. The summed E-state index contributed by atoms with van der Waals surface area (Å²) in [5.74, 6) is 0.453. The van der Waals surface area contributed by atoms with E-state index >= 15 is 0 Å². The predicted molar refractivity (Wildman–Crippen MR) is 83.4 cm³/mol. The van der Waals surface area contributed by atoms with E-state index in [0.29, 0.717) is 5.76 Å². The lowest BCUT2D eigenvalue weighted by Crippen LogP contribution is -2.15. The topological polar surface area (TPSA) is 53.6 Å². The molecule has 2 unspecified atom stereocenters. The van der Waals surface area contributed by atoms with Gasteiger partial charge in [0.05, 0.1) is 0 Å². The summed E-state index contributed by atoms with van der Waals surface area (Å²) in [5.41, 5.74) is 3.31. The van der Waals surface area contributed by atoms with Crippen LogP contribution in [-0.2, 0) is 0 Å². The van der Waals surface area contributed by atoms with Crippen LogP contribution in [0.5, 0.6) is 0 Å². The Bertz CT molecular complexity index is 837. The fourth-order valence-electron chi connectivity index (χ4n) is 3.00. The molecule has 1 aromatic heterocycles. The maximum atomic E-state index is 10.4. The minimum absolute atomic E-state index is 0.453. The lowest BCUT2D eigenvalue weighted by atomic mass is 9.85. The zero-order chi connectivity index (χ0) is 14.6. The first-order valence-corrected chi connectivity index (χ1v) is 7.99. The molecule has 1 heterocycles. The van der Waals surface area contributed by atoms with Crippen LogP contribution < -0.4 is 0 Å². The lowest BCUT2D eigenvalue weighted by molar-refractivity contribution is 0.00349. The normalized spacial score (nSPS) is 20.3. The van der Waals surface area contributed by atoms with E-state index in [0.717, 1.165) is 32.6 Å². The third kappa shape index (κ3) is 1.77. The minimum atomic E-state index is -1.03. The van der Waals surface area contributed by atoms with Crippen LogP contribution in [0.2, 0.25) is 0 Å². The van der Waals surface area contributed by atoms with Crippen LogP contribution in [0, 0.1) is 0 Å². The largest absolute Gasteiger partial charge is 0.458 e. The monoisotopic (exact) mass is 298 g/mol. The van der Waals surface area contributed by atoms with Crippen LogP contribution in [0.25, 0.3) is 22.1 Å². The van der Waals surface area contributed by atoms with Gasteiger partial charge in [0, 0.05) is 15.8 Å². The van der Waals surface area contributed by atoms with Gasteiger partial charge < -0.3 is 14.6 Å². The van der Waals surface area contributed by atoms with Crippen LogP contribution in [0.3, 0.4) is 0 Å². The summed E-state index contributed by atoms with van der Waals surface area (Å²) in [7, 11) is 0. The van der Waals surface area contributed by atoms with Gasteiger partial charge in [-0.15, -0.1) is 11.8 Å². The number of thioether (sulfide) groups is 1. The summed E-state index contributed by atoms with van der Waals surface area (Å²) in [4.78, 5) is 1.14. The molecule has 106 valence electrons. The van der Waals surface area contributed by atoms with Crippen molar-refractivity contribution in [1.29, 1.82) is 0 Å². The van der Waals surface area contributed by atoms with Gasteiger partial charge in [-0.05, 0) is 35.6 Å². The van der Waals surface area contributed by atoms with Crippen LogP contribution in [0.1, 0.15) is 23.5 Å². The Labute approximate surface area is 126 Å². The van der Waals surface area contributed by atoms with Crippen molar-refractivity contribution >= 4 is 22.7 Å². The number of benzene rings is 2. The van der Waals surface area contributed by atoms with E-state index < -0.39 is 12.2 Å². The molecule has 0 aliphatic heterocycles. The van der Waals surface area contributed by atoms with E-state index in [-0.39, 0.29) is 0 Å². The Morgan fingerprint density at radius 2 is 1.86 bits per heavy atom. The summed E-state index contributed by atoms with van der Waals surface area (Å²) >= 11 is 1.67. The molecule has 2 atom stereocenters. The minimum Gasteiger partial charge on any atom is -0.458 e. The first kappa shape index (κ1) is 13.0. The maximum absolute atomic E-state index is 10.4. The second kappa shape index (κ2) is 4.63. The number of furan rings is 1. The molecule has 0 saturated carbocycles. The third-order valence-electron chi connectivity index (χ3n) is 4.04. The van der Waals surface area contributed by atoms with Gasteiger partial charge in [0.2, 0.25) is 0 Å². The van der Waals surface area contributed by atoms with Gasteiger partial charge in [-0.25, -0.2) is 0 Å². The third-order valence-corrected chi connectivity index (χ3v) is 4.76. The summed E-state index contributed by atoms with van der Waals surface area (Å²) in [6.45, 7) is 0. The Morgan fingerprint density at radius 1 is 1.05 bits per heavy atom. The SMILES string of the molecule is CSc1ccc2oc3c(c2c1)-c1ccccc1C(O)C3O. The van der Waals surface area contributed by atoms with Crippen LogP contribution >= 0.6 is 11.8 Å². The molecule has 0 bridgehead atoms. The molecule has 1 aliphatic rings. The molecule has 4 heteroatoms. The Hall–Kier alpha value is -1.75. The van der Waals surface area contributed by atoms with Gasteiger partial charge in [-0.1, -0.05) is 24.3 Å². The first-order chi connectivity index (χ1) is 10.2. The lowest BCUT2D eigenvalue weighted by Gasteiger charge is -2.25. The predicted octanol–water partition coefficient (Wildman–Crippen LogP) is 3.90. The highest BCUT2D eigenvalue weighted by Gasteiger charge is 2.35. The van der Waals surface area contributed by atoms with Crippen molar-refractivity contribution in [1.82, 2.24) is 0 Å². The van der Waals surface area contributed by atoms with E-state index in [4.69, 9.17) is 4.42 Å². The van der Waals surface area contributed by atoms with Gasteiger partial charge in [0.25, 0.3) is 0 Å². The molecule has 3 aromatic rings. The summed E-state index contributed by atoms with van der Waals surface area (Å²) in [6, 6.07) is 13.6. The summed E-state index contributed by atoms with van der Waals surface area (Å²) < 4.78 is 5.81. The molecule has 1 aliphatic carbocycles. The average Bonchev–Trinajstić information content (AvgIpc) is 2.91. The van der Waals surface area contributed by atoms with Crippen molar-refractivity contribution < 1.29 is 14.6 Å². The Morgan fingerprint density at radius 3 is 2.67 bits per heavy atom. The van der Waals surface area contributed by atoms with Crippen molar-refractivity contribution in [3.8, 4) is 11.1 Å². The molecular weight excluding hydrogens is 284 g/mol. The second-order valence-corrected chi connectivity index (χ2v) is 6.06. The molecular formula is C17H14O3S. The molecule has 2 aromatic carbocycles. The van der Waals surface area contributed by atoms with Crippen molar-refractivity contribution in [2.75, 3.05) is 6.26 Å². The maximum Gasteiger partial charge on any atom is 0.144 e. The molecule has 0 radical (unpaired) electrons. The quantitative estimate of drug-likeness (QED) is 0.669. The molecule has 0 fully saturated rings. The number of aliphatic hydroxyl groups excluding tert-OH is 2. The first-order valence-electron chi connectivity index (χ1n) is 6.76. The van der Waals surface area contributed by atoms with Gasteiger partial charge >= 0.3 is 0 Å². The summed E-state index contributed by atoms with van der Waals surface area (Å²) in [6.07, 6.45) is 0.0505. The molecule has 0 spiro atoms. The molecule has 0 amide bonds. The summed E-state index contributed by atoms with van der Waals surface area (Å²) in [5, 5.41) is 21.6. The Kier molecular flexibility index (Phi) is 2.85. The molecule has 3 nitrogen and oxygen atoms in total. The van der Waals surface area contributed by atoms with Crippen molar-refractivity contribution in [3.05, 3.63) is 53.8 Å². The smallest absolute Gasteiger partial charge is 0.144 e. The highest BCUT2D eigenvalue weighted by atomic mass is 32.2. The highest BCUT2D eigenvalue weighted by molar-refractivity contribution is 7.98. The van der Waals surface area contributed by atoms with E-state index in [9.17, 15) is 10.2 Å². The van der Waals surface area contributed by atoms with Gasteiger partial charge in [0.1, 0.15) is 23.6 Å². The van der Waals surface area contributed by atoms with Crippen LogP contribution in [0.4, 0.5) is 0 Å². The number of hydrogen-bond donors (Lipinski definition) is 2. The number of rotatable bonds is 1. The van der Waals surface area contributed by atoms with Crippen LogP contribution in [0.15, 0.2) is 51.8 Å². The van der Waals surface area contributed by atoms with E-state index in [1.807, 2.05) is 42.7 Å². The van der Waals surface area contributed by atoms with Crippen molar-refractivity contribution in [2.45, 2.75) is 17.1 Å². The van der Waals surface area contributed by atoms with Crippen LogP contribution in [-0.4, -0.2) is 16.5 Å².